The smallest absolute Gasteiger partial charge is 0.150 e. The van der Waals surface area contributed by atoms with Crippen LogP contribution in [0.3, 0.4) is 0 Å². The van der Waals surface area contributed by atoms with E-state index in [0.29, 0.717) is 11.5 Å². The van der Waals surface area contributed by atoms with E-state index in [4.69, 9.17) is 5.73 Å². The van der Waals surface area contributed by atoms with Gasteiger partial charge in [-0.2, -0.15) is 0 Å². The van der Waals surface area contributed by atoms with E-state index >= 15 is 0 Å². The molecule has 1 saturated heterocycles. The summed E-state index contributed by atoms with van der Waals surface area (Å²) in [6, 6.07) is 4.11. The third-order valence-electron chi connectivity index (χ3n) is 3.04. The maximum atomic E-state index is 11.3. The van der Waals surface area contributed by atoms with Crippen LogP contribution in [0, 0.1) is 12.8 Å². The second-order valence-corrected chi connectivity index (χ2v) is 8.11. The Labute approximate surface area is 101 Å². The van der Waals surface area contributed by atoms with Crippen molar-refractivity contribution >= 4 is 21.2 Å². The molecule has 90 valence electrons. The van der Waals surface area contributed by atoms with Gasteiger partial charge >= 0.3 is 0 Å². The quantitative estimate of drug-likeness (QED) is 0.901. The van der Waals surface area contributed by atoms with Crippen LogP contribution < -0.4 is 5.73 Å². The molecule has 0 radical (unpaired) electrons. The molecule has 2 unspecified atom stereocenters. The molecule has 5 heteroatoms. The highest BCUT2D eigenvalue weighted by atomic mass is 32.2. The first-order chi connectivity index (χ1) is 7.46. The fraction of sp³-hybridized carbons (Fsp3) is 0.636. The van der Waals surface area contributed by atoms with Gasteiger partial charge in [0.15, 0.2) is 9.84 Å². The summed E-state index contributed by atoms with van der Waals surface area (Å²) >= 11 is 1.70. The molecule has 2 atom stereocenters. The number of aryl methyl sites for hydroxylation is 1. The highest BCUT2D eigenvalue weighted by molar-refractivity contribution is 7.91. The van der Waals surface area contributed by atoms with Gasteiger partial charge in [0.25, 0.3) is 0 Å². The van der Waals surface area contributed by atoms with E-state index in [0.717, 1.165) is 12.8 Å². The molecular formula is C11H17NO2S2. The first-order valence-corrected chi connectivity index (χ1v) is 8.12. The van der Waals surface area contributed by atoms with Gasteiger partial charge in [0.1, 0.15) is 0 Å². The molecule has 1 aromatic heterocycles. The van der Waals surface area contributed by atoms with Crippen LogP contribution in [0.5, 0.6) is 0 Å². The zero-order valence-electron chi connectivity index (χ0n) is 9.35. The summed E-state index contributed by atoms with van der Waals surface area (Å²) in [5.74, 6) is 0.918. The molecule has 16 heavy (non-hydrogen) atoms. The number of sulfone groups is 1. The first kappa shape index (κ1) is 12.1. The Bertz CT molecular complexity index is 464. The van der Waals surface area contributed by atoms with E-state index in [-0.39, 0.29) is 12.0 Å². The minimum absolute atomic E-state index is 0.00278. The molecule has 1 fully saturated rings. The second-order valence-electron chi connectivity index (χ2n) is 4.56. The molecule has 3 nitrogen and oxygen atoms in total. The van der Waals surface area contributed by atoms with Crippen molar-refractivity contribution in [3.8, 4) is 0 Å². The molecule has 0 bridgehead atoms. The van der Waals surface area contributed by atoms with E-state index in [1.165, 1.54) is 9.75 Å². The van der Waals surface area contributed by atoms with E-state index < -0.39 is 9.84 Å². The van der Waals surface area contributed by atoms with Crippen molar-refractivity contribution in [1.82, 2.24) is 0 Å². The van der Waals surface area contributed by atoms with Crippen molar-refractivity contribution in [1.29, 1.82) is 0 Å². The molecule has 0 saturated carbocycles. The molecule has 2 N–H and O–H groups in total. The van der Waals surface area contributed by atoms with E-state index in [1.54, 1.807) is 11.3 Å². The van der Waals surface area contributed by atoms with Crippen molar-refractivity contribution in [3.63, 3.8) is 0 Å². The fourth-order valence-corrected chi connectivity index (χ4v) is 4.96. The molecule has 0 aromatic carbocycles. The average molecular weight is 259 g/mol. The van der Waals surface area contributed by atoms with Gasteiger partial charge < -0.3 is 5.73 Å². The van der Waals surface area contributed by atoms with Crippen LogP contribution in [0.15, 0.2) is 12.1 Å². The number of nitrogens with two attached hydrogens (primary N) is 1. The van der Waals surface area contributed by atoms with Crippen LogP contribution in [-0.2, 0) is 9.84 Å². The first-order valence-electron chi connectivity index (χ1n) is 5.48. The lowest BCUT2D eigenvalue weighted by atomic mass is 9.99. The Morgan fingerprint density at radius 3 is 2.81 bits per heavy atom. The van der Waals surface area contributed by atoms with Crippen LogP contribution in [-0.4, -0.2) is 19.9 Å². The molecule has 1 aliphatic rings. The number of hydrogen-bond donors (Lipinski definition) is 1. The highest BCUT2D eigenvalue weighted by Gasteiger charge is 2.29. The summed E-state index contributed by atoms with van der Waals surface area (Å²) in [6.45, 7) is 2.06. The number of hydrogen-bond acceptors (Lipinski definition) is 4. The third kappa shape index (κ3) is 2.84. The predicted octanol–water partition coefficient (Wildman–Crippen LogP) is 1.88. The maximum Gasteiger partial charge on any atom is 0.150 e. The van der Waals surface area contributed by atoms with Crippen LogP contribution in [0.1, 0.15) is 28.6 Å². The Morgan fingerprint density at radius 1 is 1.56 bits per heavy atom. The largest absolute Gasteiger partial charge is 0.323 e. The lowest BCUT2D eigenvalue weighted by molar-refractivity contribution is 0.485. The van der Waals surface area contributed by atoms with Crippen molar-refractivity contribution in [3.05, 3.63) is 21.9 Å². The van der Waals surface area contributed by atoms with Gasteiger partial charge in [-0.25, -0.2) is 8.42 Å². The van der Waals surface area contributed by atoms with Gasteiger partial charge in [0.05, 0.1) is 11.5 Å². The monoisotopic (exact) mass is 259 g/mol. The summed E-state index contributed by atoms with van der Waals surface area (Å²) < 4.78 is 22.6. The molecular weight excluding hydrogens is 242 g/mol. The molecule has 0 spiro atoms. The Hall–Kier alpha value is -0.390. The second kappa shape index (κ2) is 4.47. The third-order valence-corrected chi connectivity index (χ3v) is 6.01. The van der Waals surface area contributed by atoms with Crippen LogP contribution >= 0.6 is 11.3 Å². The van der Waals surface area contributed by atoms with Crippen LogP contribution in [0.2, 0.25) is 0 Å². The lowest BCUT2D eigenvalue weighted by Gasteiger charge is -2.13. The molecule has 2 rings (SSSR count). The molecule has 2 heterocycles. The van der Waals surface area contributed by atoms with Crippen molar-refractivity contribution in [2.45, 2.75) is 25.8 Å². The van der Waals surface area contributed by atoms with Gasteiger partial charge in [-0.1, -0.05) is 0 Å². The summed E-state index contributed by atoms with van der Waals surface area (Å²) in [5, 5.41) is 0. The minimum Gasteiger partial charge on any atom is -0.323 e. The van der Waals surface area contributed by atoms with Crippen molar-refractivity contribution in [2.75, 3.05) is 11.5 Å². The topological polar surface area (TPSA) is 60.2 Å². The van der Waals surface area contributed by atoms with Crippen LogP contribution in [0.25, 0.3) is 0 Å². The Kier molecular flexibility index (Phi) is 3.37. The summed E-state index contributed by atoms with van der Waals surface area (Å²) in [7, 11) is -2.77. The lowest BCUT2D eigenvalue weighted by Crippen LogP contribution is -2.15. The fourth-order valence-electron chi connectivity index (χ4n) is 2.19. The zero-order valence-corrected chi connectivity index (χ0v) is 11.0. The summed E-state index contributed by atoms with van der Waals surface area (Å²) in [5.41, 5.74) is 6.09. The zero-order chi connectivity index (χ0) is 11.8. The van der Waals surface area contributed by atoms with Crippen molar-refractivity contribution in [2.24, 2.45) is 11.7 Å². The molecule has 0 aliphatic carbocycles. The molecule has 0 amide bonds. The van der Waals surface area contributed by atoms with E-state index in [1.807, 2.05) is 6.07 Å². The molecule has 1 aromatic rings. The summed E-state index contributed by atoms with van der Waals surface area (Å²) in [4.78, 5) is 2.42. The van der Waals surface area contributed by atoms with Gasteiger partial charge in [-0.3, -0.25) is 0 Å². The van der Waals surface area contributed by atoms with Gasteiger partial charge in [-0.05, 0) is 37.8 Å². The maximum absolute atomic E-state index is 11.3. The summed E-state index contributed by atoms with van der Waals surface area (Å²) in [6.07, 6.45) is 1.57. The van der Waals surface area contributed by atoms with Gasteiger partial charge in [-0.15, -0.1) is 11.3 Å². The molecule has 1 aliphatic heterocycles. The normalized spacial score (nSPS) is 25.8. The van der Waals surface area contributed by atoms with Crippen LogP contribution in [0.4, 0.5) is 0 Å². The number of thiophene rings is 1. The Balaban J connectivity index is 1.96. The van der Waals surface area contributed by atoms with E-state index in [9.17, 15) is 8.42 Å². The predicted molar refractivity (Wildman–Crippen MR) is 67.4 cm³/mol. The van der Waals surface area contributed by atoms with Crippen molar-refractivity contribution < 1.29 is 8.42 Å². The Morgan fingerprint density at radius 2 is 2.31 bits per heavy atom. The SMILES string of the molecule is Cc1ccc(C(N)CC2CCS(=O)(=O)C2)s1. The van der Waals surface area contributed by atoms with Gasteiger partial charge in [0, 0.05) is 15.8 Å². The van der Waals surface area contributed by atoms with Gasteiger partial charge in [0.2, 0.25) is 0 Å². The number of rotatable bonds is 3. The standard InChI is InChI=1S/C11H17NO2S2/c1-8-2-3-11(15-8)10(12)6-9-4-5-16(13,14)7-9/h2-3,9-10H,4-7,12H2,1H3. The average Bonchev–Trinajstić information content (AvgIpc) is 2.73. The van der Waals surface area contributed by atoms with E-state index in [2.05, 4.69) is 13.0 Å². The highest BCUT2D eigenvalue weighted by Crippen LogP contribution is 2.30. The minimum atomic E-state index is -2.77.